The van der Waals surface area contributed by atoms with Gasteiger partial charge in [-0.25, -0.2) is 0 Å². The van der Waals surface area contributed by atoms with Crippen LogP contribution in [0.4, 0.5) is 5.69 Å². The molecule has 1 saturated heterocycles. The van der Waals surface area contributed by atoms with Gasteiger partial charge >= 0.3 is 0 Å². The van der Waals surface area contributed by atoms with E-state index in [-0.39, 0.29) is 6.61 Å². The summed E-state index contributed by atoms with van der Waals surface area (Å²) < 4.78 is 0. The predicted octanol–water partition coefficient (Wildman–Crippen LogP) is 3.32. The number of benzene rings is 3. The molecule has 1 aliphatic rings. The van der Waals surface area contributed by atoms with Crippen LogP contribution in [0.3, 0.4) is 0 Å². The number of phenolic OH excluding ortho intramolecular Hbond substituents is 1. The van der Waals surface area contributed by atoms with Crippen molar-refractivity contribution in [1.82, 2.24) is 9.80 Å². The number of rotatable bonds is 6. The van der Waals surface area contributed by atoms with Crippen molar-refractivity contribution in [2.24, 2.45) is 0 Å². The highest BCUT2D eigenvalue weighted by Gasteiger charge is 2.19. The second-order valence-electron chi connectivity index (χ2n) is 8.44. The van der Waals surface area contributed by atoms with Crippen LogP contribution in [0.2, 0.25) is 0 Å². The summed E-state index contributed by atoms with van der Waals surface area (Å²) in [5, 5.41) is 27.2. The molecule has 1 aliphatic heterocycles. The van der Waals surface area contributed by atoms with E-state index in [1.807, 2.05) is 36.4 Å². The molecule has 3 aromatic carbocycles. The molecule has 0 spiro atoms. The lowest BCUT2D eigenvalue weighted by atomic mass is 10.1. The lowest BCUT2D eigenvalue weighted by Crippen LogP contribution is -2.36. The minimum absolute atomic E-state index is 0.0636. The molecule has 0 amide bonds. The Labute approximate surface area is 203 Å². The number of aliphatic hydroxyl groups excluding tert-OH is 2. The van der Waals surface area contributed by atoms with Crippen molar-refractivity contribution in [3.8, 4) is 5.75 Å². The van der Waals surface area contributed by atoms with Crippen molar-refractivity contribution in [3.05, 3.63) is 95.6 Å². The number of para-hydroxylation sites is 2. The van der Waals surface area contributed by atoms with Crippen molar-refractivity contribution in [2.45, 2.75) is 19.7 Å². The third-order valence-electron chi connectivity index (χ3n) is 6.26. The number of aromatic hydroxyl groups is 1. The topological polar surface area (TPSA) is 70.4 Å². The van der Waals surface area contributed by atoms with E-state index in [4.69, 9.17) is 5.11 Å². The molecule has 182 valence electrons. The fourth-order valence-corrected chi connectivity index (χ4v) is 4.38. The summed E-state index contributed by atoms with van der Waals surface area (Å²) in [4.78, 5) is 7.26. The Kier molecular flexibility index (Phi) is 10.4. The van der Waals surface area contributed by atoms with Crippen molar-refractivity contribution in [2.75, 3.05) is 51.3 Å². The standard InChI is InChI=1S/C27H33N3O2.CH4O/c31-22-25-11-5-4-10-24(25)21-29-15-14-28(20-23-8-2-1-3-9-23)16-18-30(19-17-29)26-12-6-7-13-27(26)32;1-2/h1-13,31-32H,14-22H2;2H,1H3. The third kappa shape index (κ3) is 7.30. The molecule has 0 atom stereocenters. The van der Waals surface area contributed by atoms with Crippen LogP contribution in [0.5, 0.6) is 5.75 Å². The first-order valence-electron chi connectivity index (χ1n) is 11.9. The zero-order valence-electron chi connectivity index (χ0n) is 20.1. The first kappa shape index (κ1) is 25.7. The number of hydrogen-bond donors (Lipinski definition) is 3. The van der Waals surface area contributed by atoms with Gasteiger partial charge in [0, 0.05) is 59.5 Å². The molecular formula is C28H37N3O3. The minimum Gasteiger partial charge on any atom is -0.506 e. The molecule has 0 aliphatic carbocycles. The van der Waals surface area contributed by atoms with Crippen LogP contribution in [0.25, 0.3) is 0 Å². The molecule has 1 heterocycles. The van der Waals surface area contributed by atoms with Crippen LogP contribution in [0.1, 0.15) is 16.7 Å². The van der Waals surface area contributed by atoms with Gasteiger partial charge < -0.3 is 20.2 Å². The van der Waals surface area contributed by atoms with Gasteiger partial charge in [-0.15, -0.1) is 0 Å². The quantitative estimate of drug-likeness (QED) is 0.521. The number of aliphatic hydroxyl groups is 2. The van der Waals surface area contributed by atoms with E-state index in [0.717, 1.165) is 70.7 Å². The maximum Gasteiger partial charge on any atom is 0.138 e. The normalized spacial score (nSPS) is 15.6. The van der Waals surface area contributed by atoms with E-state index < -0.39 is 0 Å². The van der Waals surface area contributed by atoms with Crippen molar-refractivity contribution in [1.29, 1.82) is 0 Å². The summed E-state index contributed by atoms with van der Waals surface area (Å²) in [7, 11) is 1.00. The zero-order valence-corrected chi connectivity index (χ0v) is 20.1. The second kappa shape index (κ2) is 13.7. The van der Waals surface area contributed by atoms with E-state index in [1.54, 1.807) is 6.07 Å². The fraction of sp³-hybridized carbons (Fsp3) is 0.357. The highest BCUT2D eigenvalue weighted by atomic mass is 16.3. The molecule has 0 aromatic heterocycles. The van der Waals surface area contributed by atoms with E-state index in [1.165, 1.54) is 11.1 Å². The van der Waals surface area contributed by atoms with Crippen LogP contribution in [-0.4, -0.2) is 71.5 Å². The van der Waals surface area contributed by atoms with Crippen LogP contribution in [0.15, 0.2) is 78.9 Å². The molecule has 3 N–H and O–H groups in total. The Morgan fingerprint density at radius 3 is 1.79 bits per heavy atom. The number of phenols is 1. The molecule has 0 saturated carbocycles. The molecule has 6 nitrogen and oxygen atoms in total. The van der Waals surface area contributed by atoms with Gasteiger partial charge in [0.2, 0.25) is 0 Å². The van der Waals surface area contributed by atoms with E-state index in [0.29, 0.717) is 5.75 Å². The predicted molar refractivity (Wildman–Crippen MR) is 138 cm³/mol. The Balaban J connectivity index is 0.00000158. The van der Waals surface area contributed by atoms with Crippen LogP contribution < -0.4 is 4.90 Å². The highest BCUT2D eigenvalue weighted by Crippen LogP contribution is 2.26. The Morgan fingerprint density at radius 1 is 0.618 bits per heavy atom. The monoisotopic (exact) mass is 463 g/mol. The first-order valence-corrected chi connectivity index (χ1v) is 11.9. The summed E-state index contributed by atoms with van der Waals surface area (Å²) in [6.07, 6.45) is 0. The second-order valence-corrected chi connectivity index (χ2v) is 8.44. The Morgan fingerprint density at radius 2 is 1.15 bits per heavy atom. The lowest BCUT2D eigenvalue weighted by molar-refractivity contribution is 0.207. The van der Waals surface area contributed by atoms with Crippen molar-refractivity contribution in [3.63, 3.8) is 0 Å². The fourth-order valence-electron chi connectivity index (χ4n) is 4.38. The SMILES string of the molecule is CO.OCc1ccccc1CN1CCN(Cc2ccccc2)CCN(c2ccccc2O)CC1. The summed E-state index contributed by atoms with van der Waals surface area (Å²) in [6, 6.07) is 26.4. The van der Waals surface area contributed by atoms with Crippen LogP contribution in [0, 0.1) is 0 Å². The molecule has 1 fully saturated rings. The first-order chi connectivity index (χ1) is 16.7. The van der Waals surface area contributed by atoms with E-state index >= 15 is 0 Å². The van der Waals surface area contributed by atoms with Gasteiger partial charge in [0.1, 0.15) is 5.75 Å². The molecule has 4 rings (SSSR count). The lowest BCUT2D eigenvalue weighted by Gasteiger charge is -2.28. The van der Waals surface area contributed by atoms with Gasteiger partial charge in [0.05, 0.1) is 12.3 Å². The van der Waals surface area contributed by atoms with Crippen LogP contribution in [-0.2, 0) is 19.7 Å². The van der Waals surface area contributed by atoms with Gasteiger partial charge in [-0.2, -0.15) is 0 Å². The summed E-state index contributed by atoms with van der Waals surface area (Å²) in [6.45, 7) is 7.27. The Bertz CT molecular complexity index is 983. The van der Waals surface area contributed by atoms with Gasteiger partial charge in [-0.1, -0.05) is 66.7 Å². The zero-order chi connectivity index (χ0) is 24.2. The van der Waals surface area contributed by atoms with Gasteiger partial charge in [0.15, 0.2) is 0 Å². The maximum absolute atomic E-state index is 10.5. The highest BCUT2D eigenvalue weighted by molar-refractivity contribution is 5.57. The number of nitrogens with zero attached hydrogens (tertiary/aromatic N) is 3. The number of hydrogen-bond acceptors (Lipinski definition) is 6. The summed E-state index contributed by atoms with van der Waals surface area (Å²) in [5.41, 5.74) is 4.38. The molecule has 0 bridgehead atoms. The van der Waals surface area contributed by atoms with Gasteiger partial charge in [-0.05, 0) is 28.8 Å². The van der Waals surface area contributed by atoms with Crippen molar-refractivity contribution >= 4 is 5.69 Å². The summed E-state index contributed by atoms with van der Waals surface area (Å²) >= 11 is 0. The van der Waals surface area contributed by atoms with Gasteiger partial charge in [-0.3, -0.25) is 9.80 Å². The van der Waals surface area contributed by atoms with Crippen molar-refractivity contribution < 1.29 is 15.3 Å². The van der Waals surface area contributed by atoms with E-state index in [2.05, 4.69) is 51.1 Å². The average Bonchev–Trinajstić information content (AvgIpc) is 2.98. The molecule has 0 unspecified atom stereocenters. The smallest absolute Gasteiger partial charge is 0.138 e. The van der Waals surface area contributed by atoms with Gasteiger partial charge in [0.25, 0.3) is 0 Å². The third-order valence-corrected chi connectivity index (χ3v) is 6.26. The maximum atomic E-state index is 10.5. The Hall–Kier alpha value is -2.90. The van der Waals surface area contributed by atoms with Crippen LogP contribution >= 0.6 is 0 Å². The number of anilines is 1. The molecule has 0 radical (unpaired) electrons. The minimum atomic E-state index is 0.0636. The largest absolute Gasteiger partial charge is 0.506 e. The molecule has 34 heavy (non-hydrogen) atoms. The molecule has 6 heteroatoms. The average molecular weight is 464 g/mol. The molecule has 3 aromatic rings. The van der Waals surface area contributed by atoms with E-state index in [9.17, 15) is 10.2 Å². The molecular weight excluding hydrogens is 426 g/mol. The summed E-state index contributed by atoms with van der Waals surface area (Å²) in [5.74, 6) is 0.332.